The first-order valence-electron chi connectivity index (χ1n) is 9.97. The minimum absolute atomic E-state index is 0.346. The van der Waals surface area contributed by atoms with Gasteiger partial charge in [-0.15, -0.1) is 0 Å². The van der Waals surface area contributed by atoms with Crippen LogP contribution in [-0.2, 0) is 14.3 Å². The maximum Gasteiger partial charge on any atom is 0.414 e. The summed E-state index contributed by atoms with van der Waals surface area (Å²) in [6.45, 7) is 6.52. The molecule has 0 radical (unpaired) electrons. The average molecular weight is 474 g/mol. The van der Waals surface area contributed by atoms with Crippen LogP contribution in [0, 0.1) is 5.92 Å². The van der Waals surface area contributed by atoms with Crippen LogP contribution in [0.2, 0.25) is 0 Å². The Morgan fingerprint density at radius 2 is 1.83 bits per heavy atom. The highest BCUT2D eigenvalue weighted by molar-refractivity contribution is 9.10. The second-order valence-electron chi connectivity index (χ2n) is 7.03. The number of nitrogens with zero attached hydrogens (tertiary/aromatic N) is 1. The molecule has 1 fully saturated rings. The minimum atomic E-state index is -1.82. The van der Waals surface area contributed by atoms with Crippen molar-refractivity contribution in [1.82, 2.24) is 4.90 Å². The zero-order chi connectivity index (χ0) is 21.6. The summed E-state index contributed by atoms with van der Waals surface area (Å²) < 4.78 is 12.7. The van der Waals surface area contributed by atoms with E-state index in [0.717, 1.165) is 29.8 Å². The average Bonchev–Trinajstić information content (AvgIpc) is 2.71. The normalized spacial score (nSPS) is 19.1. The lowest BCUT2D eigenvalue weighted by molar-refractivity contribution is -0.159. The number of hydrogen-bond donors (Lipinski definition) is 2. The molecule has 8 heteroatoms. The molecule has 0 spiro atoms. The Morgan fingerprint density at radius 3 is 2.38 bits per heavy atom. The van der Waals surface area contributed by atoms with Gasteiger partial charge in [0.15, 0.2) is 0 Å². The molecule has 1 heterocycles. The summed E-state index contributed by atoms with van der Waals surface area (Å²) in [5.41, 5.74) is 0. The van der Waals surface area contributed by atoms with Crippen LogP contribution in [0.3, 0.4) is 0 Å². The number of piperidine rings is 1. The summed E-state index contributed by atoms with van der Waals surface area (Å²) in [7, 11) is 1.85. The first kappa shape index (κ1) is 25.4. The van der Waals surface area contributed by atoms with Crippen LogP contribution in [0.1, 0.15) is 39.0 Å². The maximum absolute atomic E-state index is 9.10. The third-order valence-electron chi connectivity index (χ3n) is 4.91. The molecule has 0 aromatic heterocycles. The van der Waals surface area contributed by atoms with E-state index in [1.807, 2.05) is 31.4 Å². The van der Waals surface area contributed by atoms with E-state index < -0.39 is 11.9 Å². The Bertz CT molecular complexity index is 598. The Balaban J connectivity index is 0.000000612. The summed E-state index contributed by atoms with van der Waals surface area (Å²) in [4.78, 5) is 20.8. The van der Waals surface area contributed by atoms with Gasteiger partial charge in [-0.2, -0.15) is 0 Å². The zero-order valence-corrected chi connectivity index (χ0v) is 18.8. The second kappa shape index (κ2) is 14.4. The fourth-order valence-corrected chi connectivity index (χ4v) is 3.54. The molecule has 7 nitrogen and oxygen atoms in total. The van der Waals surface area contributed by atoms with Crippen molar-refractivity contribution >= 4 is 27.9 Å². The van der Waals surface area contributed by atoms with Crippen molar-refractivity contribution < 1.29 is 29.3 Å². The molecule has 1 aliphatic rings. The quantitative estimate of drug-likeness (QED) is 0.414. The number of aliphatic carboxylic acids is 2. The number of likely N-dealkylation sites (tertiary alicyclic amines) is 1. The number of unbranched alkanes of at least 4 members (excludes halogenated alkanes) is 2. The first-order valence-corrected chi connectivity index (χ1v) is 10.8. The van der Waals surface area contributed by atoms with E-state index in [9.17, 15) is 0 Å². The predicted octanol–water partition coefficient (Wildman–Crippen LogP) is 3.90. The van der Waals surface area contributed by atoms with Gasteiger partial charge >= 0.3 is 11.9 Å². The highest BCUT2D eigenvalue weighted by Gasteiger charge is 2.28. The molecule has 1 aromatic rings. The summed E-state index contributed by atoms with van der Waals surface area (Å²) in [6.07, 6.45) is 6.56. The fourth-order valence-electron chi connectivity index (χ4n) is 3.27. The first-order chi connectivity index (χ1) is 13.9. The molecule has 0 bridgehead atoms. The number of carboxylic acid groups (broad SMARTS) is 2. The van der Waals surface area contributed by atoms with Crippen molar-refractivity contribution in [1.29, 1.82) is 0 Å². The molecule has 1 aromatic carbocycles. The number of benzene rings is 1. The highest BCUT2D eigenvalue weighted by Crippen LogP contribution is 2.24. The molecule has 2 atom stereocenters. The van der Waals surface area contributed by atoms with Crippen LogP contribution in [0.25, 0.3) is 0 Å². The van der Waals surface area contributed by atoms with E-state index in [0.29, 0.717) is 12.0 Å². The maximum atomic E-state index is 9.10. The predicted molar refractivity (Wildman–Crippen MR) is 114 cm³/mol. The molecule has 0 amide bonds. The molecule has 1 saturated heterocycles. The van der Waals surface area contributed by atoms with Crippen LogP contribution in [-0.4, -0.2) is 66.5 Å². The lowest BCUT2D eigenvalue weighted by Crippen LogP contribution is -2.45. The van der Waals surface area contributed by atoms with E-state index in [4.69, 9.17) is 29.3 Å². The number of hydrogen-bond acceptors (Lipinski definition) is 5. The van der Waals surface area contributed by atoms with Gasteiger partial charge in [0.2, 0.25) is 0 Å². The number of methoxy groups -OCH3 is 1. The number of ether oxygens (including phenoxy) is 2. The van der Waals surface area contributed by atoms with Gasteiger partial charge in [0, 0.05) is 18.1 Å². The molecular weight excluding hydrogens is 442 g/mol. The zero-order valence-electron chi connectivity index (χ0n) is 17.2. The van der Waals surface area contributed by atoms with Crippen LogP contribution in [0.5, 0.6) is 5.75 Å². The van der Waals surface area contributed by atoms with Crippen molar-refractivity contribution in [2.24, 2.45) is 5.92 Å². The van der Waals surface area contributed by atoms with E-state index in [1.165, 1.54) is 38.8 Å². The number of rotatable bonds is 9. The highest BCUT2D eigenvalue weighted by atomic mass is 79.9. The van der Waals surface area contributed by atoms with Gasteiger partial charge in [-0.05, 0) is 62.5 Å². The van der Waals surface area contributed by atoms with E-state index in [-0.39, 0.29) is 0 Å². The van der Waals surface area contributed by atoms with Crippen molar-refractivity contribution in [3.05, 3.63) is 28.7 Å². The van der Waals surface area contributed by atoms with Gasteiger partial charge in [0.05, 0.1) is 12.7 Å². The van der Waals surface area contributed by atoms with Gasteiger partial charge in [0.1, 0.15) is 5.75 Å². The monoisotopic (exact) mass is 473 g/mol. The van der Waals surface area contributed by atoms with E-state index in [1.54, 1.807) is 0 Å². The molecule has 2 rings (SSSR count). The summed E-state index contributed by atoms with van der Waals surface area (Å²) in [6, 6.07) is 8.05. The Kier molecular flexibility index (Phi) is 12.6. The van der Waals surface area contributed by atoms with Gasteiger partial charge in [-0.1, -0.05) is 35.7 Å². The van der Waals surface area contributed by atoms with Crippen molar-refractivity contribution in [2.75, 3.05) is 33.4 Å². The minimum Gasteiger partial charge on any atom is -0.494 e. The van der Waals surface area contributed by atoms with Gasteiger partial charge in [-0.25, -0.2) is 9.59 Å². The van der Waals surface area contributed by atoms with Crippen LogP contribution in [0.4, 0.5) is 0 Å². The lowest BCUT2D eigenvalue weighted by Gasteiger charge is -2.37. The van der Waals surface area contributed by atoms with Crippen LogP contribution >= 0.6 is 15.9 Å². The fraction of sp³-hybridized carbons (Fsp3) is 0.619. The topological polar surface area (TPSA) is 96.3 Å². The SMILES string of the molecule is CCCCCN1CC[C@@H](CCOc2ccc(Br)cc2)[C@@H](OC)C1.O=C(O)C(=O)O. The molecule has 0 unspecified atom stereocenters. The molecule has 2 N–H and O–H groups in total. The molecule has 1 aliphatic heterocycles. The summed E-state index contributed by atoms with van der Waals surface area (Å²) in [5, 5.41) is 14.8. The standard InChI is InChI=1S/C19H30BrNO2.C2H2O4/c1-3-4-5-12-21-13-10-16(19(15-21)22-2)11-14-23-18-8-6-17(20)7-9-18;3-1(4)2(5)6/h6-9,16,19H,3-5,10-15H2,1-2H3;(H,3,4)(H,5,6)/t16-,19-;/m0./s1. The Hall–Kier alpha value is -1.64. The summed E-state index contributed by atoms with van der Waals surface area (Å²) in [5.74, 6) is -2.10. The third kappa shape index (κ3) is 10.6. The molecule has 0 saturated carbocycles. The third-order valence-corrected chi connectivity index (χ3v) is 5.44. The molecule has 29 heavy (non-hydrogen) atoms. The number of carboxylic acids is 2. The molecular formula is C21H32BrNO6. The van der Waals surface area contributed by atoms with Crippen molar-refractivity contribution in [3.63, 3.8) is 0 Å². The Morgan fingerprint density at radius 1 is 1.17 bits per heavy atom. The molecule has 164 valence electrons. The smallest absolute Gasteiger partial charge is 0.414 e. The van der Waals surface area contributed by atoms with Gasteiger partial charge in [-0.3, -0.25) is 0 Å². The van der Waals surface area contributed by atoms with E-state index in [2.05, 4.69) is 27.8 Å². The summed E-state index contributed by atoms with van der Waals surface area (Å²) >= 11 is 3.44. The van der Waals surface area contributed by atoms with Gasteiger partial charge < -0.3 is 24.6 Å². The largest absolute Gasteiger partial charge is 0.494 e. The number of halogens is 1. The second-order valence-corrected chi connectivity index (χ2v) is 7.95. The van der Waals surface area contributed by atoms with E-state index >= 15 is 0 Å². The van der Waals surface area contributed by atoms with Crippen molar-refractivity contribution in [2.45, 2.75) is 45.1 Å². The number of carbonyl (C=O) groups is 2. The van der Waals surface area contributed by atoms with Crippen LogP contribution < -0.4 is 4.74 Å². The van der Waals surface area contributed by atoms with Gasteiger partial charge in [0.25, 0.3) is 0 Å². The van der Waals surface area contributed by atoms with Crippen LogP contribution in [0.15, 0.2) is 28.7 Å². The lowest BCUT2D eigenvalue weighted by atomic mass is 9.91. The molecule has 0 aliphatic carbocycles. The van der Waals surface area contributed by atoms with Crippen molar-refractivity contribution in [3.8, 4) is 5.75 Å². The Labute approximate surface area is 181 Å².